The van der Waals surface area contributed by atoms with Crippen molar-refractivity contribution in [2.75, 3.05) is 0 Å². The molecule has 0 saturated carbocycles. The number of aryl methyl sites for hydroxylation is 2. The highest BCUT2D eigenvalue weighted by Gasteiger charge is 2.20. The first-order chi connectivity index (χ1) is 27.2. The van der Waals surface area contributed by atoms with Crippen LogP contribution in [-0.4, -0.2) is 0 Å². The standard InChI is InChI=1S/C55H96/c1-5-7-9-11-26-31-35-43-51-45-38-40-47-53(51)55(54-48-41-39-46-52(54)44-36-32-27-12-10-8-6-2)49-37-33-29-25-23-21-19-17-15-13-14-16-18-20-22-24-28-30-34-42-50(3)4/h38-41,45-48,50,55H,5-37,42-44,49H2,1-4H3. The van der Waals surface area contributed by atoms with Crippen LogP contribution in [0.25, 0.3) is 0 Å². The topological polar surface area (TPSA) is 0 Å². The summed E-state index contributed by atoms with van der Waals surface area (Å²) in [7, 11) is 0. The summed E-state index contributed by atoms with van der Waals surface area (Å²) in [5, 5.41) is 0. The first-order valence-electron chi connectivity index (χ1n) is 25.3. The van der Waals surface area contributed by atoms with Gasteiger partial charge in [0.15, 0.2) is 0 Å². The third kappa shape index (κ3) is 26.9. The van der Waals surface area contributed by atoms with Gasteiger partial charge in [0.2, 0.25) is 0 Å². The van der Waals surface area contributed by atoms with Crippen molar-refractivity contribution in [2.45, 2.75) is 271 Å². The van der Waals surface area contributed by atoms with Gasteiger partial charge in [0.05, 0.1) is 0 Å². The molecule has 0 aliphatic heterocycles. The molecule has 0 aliphatic carbocycles. The van der Waals surface area contributed by atoms with Crippen LogP contribution >= 0.6 is 0 Å². The molecule has 0 heterocycles. The average molecular weight is 757 g/mol. The minimum Gasteiger partial charge on any atom is -0.0654 e. The molecule has 0 bridgehead atoms. The maximum atomic E-state index is 2.50. The van der Waals surface area contributed by atoms with Gasteiger partial charge >= 0.3 is 0 Å². The molecular formula is C55H96. The zero-order valence-corrected chi connectivity index (χ0v) is 37.9. The van der Waals surface area contributed by atoms with Gasteiger partial charge in [0.25, 0.3) is 0 Å². The van der Waals surface area contributed by atoms with Crippen LogP contribution in [0.15, 0.2) is 48.5 Å². The molecule has 0 amide bonds. The second kappa shape index (κ2) is 36.8. The van der Waals surface area contributed by atoms with E-state index in [1.165, 1.54) is 238 Å². The summed E-state index contributed by atoms with van der Waals surface area (Å²) in [6, 6.07) is 19.2. The Morgan fingerprint density at radius 3 is 0.909 bits per heavy atom. The molecule has 0 aromatic heterocycles. The monoisotopic (exact) mass is 757 g/mol. The molecule has 0 fully saturated rings. The number of benzene rings is 2. The van der Waals surface area contributed by atoms with Crippen LogP contribution in [0.4, 0.5) is 0 Å². The van der Waals surface area contributed by atoms with Gasteiger partial charge in [-0.15, -0.1) is 0 Å². The van der Waals surface area contributed by atoms with Crippen molar-refractivity contribution >= 4 is 0 Å². The van der Waals surface area contributed by atoms with Crippen LogP contribution in [0.5, 0.6) is 0 Å². The number of unbranched alkanes of at least 4 members (excludes halogenated alkanes) is 30. The molecule has 2 aromatic carbocycles. The van der Waals surface area contributed by atoms with Gasteiger partial charge in [0.1, 0.15) is 0 Å². The van der Waals surface area contributed by atoms with Crippen molar-refractivity contribution < 1.29 is 0 Å². The molecule has 0 radical (unpaired) electrons. The highest BCUT2D eigenvalue weighted by Crippen LogP contribution is 2.36. The molecule has 0 spiro atoms. The maximum Gasteiger partial charge on any atom is 0.00947 e. The summed E-state index contributed by atoms with van der Waals surface area (Å²) in [4.78, 5) is 0. The van der Waals surface area contributed by atoms with Crippen LogP contribution in [0.3, 0.4) is 0 Å². The van der Waals surface area contributed by atoms with E-state index in [4.69, 9.17) is 0 Å². The van der Waals surface area contributed by atoms with Gasteiger partial charge in [0, 0.05) is 5.92 Å². The van der Waals surface area contributed by atoms with Crippen LogP contribution in [0.2, 0.25) is 0 Å². The molecule has 2 aromatic rings. The average Bonchev–Trinajstić information content (AvgIpc) is 3.19. The highest BCUT2D eigenvalue weighted by molar-refractivity contribution is 5.42. The van der Waals surface area contributed by atoms with E-state index in [1.807, 2.05) is 0 Å². The Morgan fingerprint density at radius 1 is 0.309 bits per heavy atom. The fourth-order valence-electron chi connectivity index (χ4n) is 9.13. The van der Waals surface area contributed by atoms with Crippen LogP contribution in [-0.2, 0) is 12.8 Å². The molecule has 316 valence electrons. The van der Waals surface area contributed by atoms with E-state index in [-0.39, 0.29) is 0 Å². The Hall–Kier alpha value is -1.56. The lowest BCUT2D eigenvalue weighted by atomic mass is 9.80. The quantitative estimate of drug-likeness (QED) is 0.0594. The fourth-order valence-corrected chi connectivity index (χ4v) is 9.13. The lowest BCUT2D eigenvalue weighted by Gasteiger charge is -2.24. The van der Waals surface area contributed by atoms with E-state index in [0.29, 0.717) is 5.92 Å². The van der Waals surface area contributed by atoms with Gasteiger partial charge in [-0.3, -0.25) is 0 Å². The zero-order valence-electron chi connectivity index (χ0n) is 37.9. The predicted octanol–water partition coefficient (Wildman–Crippen LogP) is 19.3. The summed E-state index contributed by atoms with van der Waals surface area (Å²) in [5.41, 5.74) is 6.54. The number of rotatable bonds is 40. The molecule has 0 aliphatic rings. The molecule has 0 atom stereocenters. The van der Waals surface area contributed by atoms with Crippen LogP contribution in [0, 0.1) is 5.92 Å². The SMILES string of the molecule is CCCCCCCCCc1ccccc1C(CCCCCCCCCCCCCCCCCCCCCC(C)C)c1ccccc1CCCCCCCCC. The second-order valence-electron chi connectivity index (χ2n) is 18.4. The maximum absolute atomic E-state index is 2.50. The summed E-state index contributed by atoms with van der Waals surface area (Å²) in [6.07, 6.45) is 52.3. The summed E-state index contributed by atoms with van der Waals surface area (Å²) in [5.74, 6) is 1.43. The van der Waals surface area contributed by atoms with Crippen molar-refractivity contribution in [2.24, 2.45) is 5.92 Å². The van der Waals surface area contributed by atoms with Crippen LogP contribution < -0.4 is 0 Å². The van der Waals surface area contributed by atoms with Gasteiger partial charge in [-0.2, -0.15) is 0 Å². The summed E-state index contributed by atoms with van der Waals surface area (Å²) in [6.45, 7) is 9.35. The van der Waals surface area contributed by atoms with Gasteiger partial charge < -0.3 is 0 Å². The molecular weight excluding hydrogens is 661 g/mol. The minimum absolute atomic E-state index is 0.547. The Bertz CT molecular complexity index is 1020. The number of hydrogen-bond donors (Lipinski definition) is 0. The van der Waals surface area contributed by atoms with E-state index in [0.717, 1.165) is 5.92 Å². The van der Waals surface area contributed by atoms with Crippen molar-refractivity contribution in [1.29, 1.82) is 0 Å². The van der Waals surface area contributed by atoms with Gasteiger partial charge in [-0.05, 0) is 60.3 Å². The third-order valence-corrected chi connectivity index (χ3v) is 12.7. The smallest absolute Gasteiger partial charge is 0.00947 e. The molecule has 2 rings (SSSR count). The van der Waals surface area contributed by atoms with Crippen molar-refractivity contribution in [3.8, 4) is 0 Å². The lowest BCUT2D eigenvalue weighted by Crippen LogP contribution is -2.08. The lowest BCUT2D eigenvalue weighted by molar-refractivity contribution is 0.500. The Kier molecular flexibility index (Phi) is 33.1. The first kappa shape index (κ1) is 49.6. The molecule has 0 unspecified atom stereocenters. The summed E-state index contributed by atoms with van der Waals surface area (Å²) < 4.78 is 0. The fraction of sp³-hybridized carbons (Fsp3) is 0.782. The molecule has 0 saturated heterocycles. The van der Waals surface area contributed by atoms with E-state index in [1.54, 1.807) is 22.3 Å². The summed E-state index contributed by atoms with van der Waals surface area (Å²) >= 11 is 0. The predicted molar refractivity (Wildman–Crippen MR) is 250 cm³/mol. The minimum atomic E-state index is 0.547. The molecule has 55 heavy (non-hydrogen) atoms. The second-order valence-corrected chi connectivity index (χ2v) is 18.4. The van der Waals surface area contributed by atoms with Crippen molar-refractivity contribution in [3.05, 3.63) is 70.8 Å². The molecule has 0 N–H and O–H groups in total. The van der Waals surface area contributed by atoms with E-state index >= 15 is 0 Å². The normalized spacial score (nSPS) is 11.7. The van der Waals surface area contributed by atoms with Gasteiger partial charge in [-0.1, -0.05) is 282 Å². The Balaban J connectivity index is 1.72. The van der Waals surface area contributed by atoms with Crippen molar-refractivity contribution in [1.82, 2.24) is 0 Å². The third-order valence-electron chi connectivity index (χ3n) is 12.7. The zero-order chi connectivity index (χ0) is 39.3. The van der Waals surface area contributed by atoms with E-state index in [9.17, 15) is 0 Å². The first-order valence-corrected chi connectivity index (χ1v) is 25.3. The molecule has 0 heteroatoms. The largest absolute Gasteiger partial charge is 0.0654 e. The van der Waals surface area contributed by atoms with Crippen molar-refractivity contribution in [3.63, 3.8) is 0 Å². The number of hydrogen-bond acceptors (Lipinski definition) is 0. The van der Waals surface area contributed by atoms with E-state index < -0.39 is 0 Å². The van der Waals surface area contributed by atoms with Crippen LogP contribution in [0.1, 0.15) is 281 Å². The van der Waals surface area contributed by atoms with Gasteiger partial charge in [-0.25, -0.2) is 0 Å². The van der Waals surface area contributed by atoms with E-state index in [2.05, 4.69) is 76.2 Å². The molecule has 0 nitrogen and oxygen atoms in total. The Labute approximate surface area is 346 Å². The highest BCUT2D eigenvalue weighted by atomic mass is 14.2. The Morgan fingerprint density at radius 2 is 0.582 bits per heavy atom.